The molecule has 0 atom stereocenters. The van der Waals surface area contributed by atoms with Gasteiger partial charge in [-0.1, -0.05) is 23.8 Å². The van der Waals surface area contributed by atoms with Gasteiger partial charge in [0.15, 0.2) is 0 Å². The first-order valence-electron chi connectivity index (χ1n) is 7.10. The molecule has 0 bridgehead atoms. The van der Waals surface area contributed by atoms with E-state index in [0.29, 0.717) is 12.0 Å². The molecule has 0 spiro atoms. The molecule has 3 rings (SSSR count). The standard InChI is InChI=1S/C16H17ClN4O/c1-10(2)21-7-3-4-11-9-18-16(20-15(11)21)19-12-5-6-14(22)13(17)8-12/h3-6,8-10,22H,7H2,1-2H3,(H,18,19,20). The number of phenols is 1. The molecule has 1 aliphatic rings. The second-order valence-electron chi connectivity index (χ2n) is 5.41. The molecule has 2 N–H and O–H groups in total. The number of rotatable bonds is 3. The van der Waals surface area contributed by atoms with Crippen molar-refractivity contribution in [3.8, 4) is 5.75 Å². The summed E-state index contributed by atoms with van der Waals surface area (Å²) in [6.07, 6.45) is 5.95. The smallest absolute Gasteiger partial charge is 0.229 e. The summed E-state index contributed by atoms with van der Waals surface area (Å²) in [7, 11) is 0. The van der Waals surface area contributed by atoms with Crippen LogP contribution in [0, 0.1) is 0 Å². The molecule has 0 fully saturated rings. The summed E-state index contributed by atoms with van der Waals surface area (Å²) in [5, 5.41) is 12.9. The van der Waals surface area contributed by atoms with Crippen LogP contribution in [-0.2, 0) is 0 Å². The predicted molar refractivity (Wildman–Crippen MR) is 89.9 cm³/mol. The fraction of sp³-hybridized carbons (Fsp3) is 0.250. The van der Waals surface area contributed by atoms with Crippen molar-refractivity contribution in [2.24, 2.45) is 0 Å². The lowest BCUT2D eigenvalue weighted by Crippen LogP contribution is -2.33. The fourth-order valence-electron chi connectivity index (χ4n) is 2.34. The Morgan fingerprint density at radius 2 is 2.18 bits per heavy atom. The highest BCUT2D eigenvalue weighted by Crippen LogP contribution is 2.29. The van der Waals surface area contributed by atoms with Gasteiger partial charge in [0.1, 0.15) is 11.6 Å². The highest BCUT2D eigenvalue weighted by atomic mass is 35.5. The number of nitrogens with zero attached hydrogens (tertiary/aromatic N) is 3. The van der Waals surface area contributed by atoms with Crippen LogP contribution >= 0.6 is 11.6 Å². The molecule has 114 valence electrons. The van der Waals surface area contributed by atoms with E-state index in [2.05, 4.69) is 40.1 Å². The Morgan fingerprint density at radius 1 is 1.36 bits per heavy atom. The molecule has 1 aromatic carbocycles. The molecule has 1 aromatic heterocycles. The largest absolute Gasteiger partial charge is 0.506 e. The van der Waals surface area contributed by atoms with Crippen molar-refractivity contribution in [2.75, 3.05) is 16.8 Å². The second-order valence-corrected chi connectivity index (χ2v) is 5.82. The van der Waals surface area contributed by atoms with Gasteiger partial charge in [0.05, 0.1) is 5.02 Å². The van der Waals surface area contributed by atoms with E-state index >= 15 is 0 Å². The third-order valence-corrected chi connectivity index (χ3v) is 3.80. The van der Waals surface area contributed by atoms with E-state index in [0.717, 1.165) is 23.6 Å². The second kappa shape index (κ2) is 5.85. The number of aromatic nitrogens is 2. The Labute approximate surface area is 134 Å². The predicted octanol–water partition coefficient (Wildman–Crippen LogP) is 3.82. The molecule has 0 radical (unpaired) electrons. The molecular formula is C16H17ClN4O. The maximum Gasteiger partial charge on any atom is 0.229 e. The van der Waals surface area contributed by atoms with E-state index in [-0.39, 0.29) is 10.8 Å². The molecule has 2 heterocycles. The number of aromatic hydroxyl groups is 1. The van der Waals surface area contributed by atoms with Gasteiger partial charge in [-0.15, -0.1) is 0 Å². The summed E-state index contributed by atoms with van der Waals surface area (Å²) in [6, 6.07) is 5.26. The van der Waals surface area contributed by atoms with Crippen LogP contribution in [0.4, 0.5) is 17.5 Å². The summed E-state index contributed by atoms with van der Waals surface area (Å²) in [4.78, 5) is 11.2. The Hall–Kier alpha value is -2.27. The molecular weight excluding hydrogens is 300 g/mol. The number of hydrogen-bond donors (Lipinski definition) is 2. The lowest BCUT2D eigenvalue weighted by Gasteiger charge is -2.30. The van der Waals surface area contributed by atoms with E-state index in [4.69, 9.17) is 11.6 Å². The monoisotopic (exact) mass is 316 g/mol. The van der Waals surface area contributed by atoms with Crippen LogP contribution in [0.1, 0.15) is 19.4 Å². The first-order chi connectivity index (χ1) is 10.5. The van der Waals surface area contributed by atoms with E-state index in [1.54, 1.807) is 18.3 Å². The fourth-order valence-corrected chi connectivity index (χ4v) is 2.52. The zero-order valence-corrected chi connectivity index (χ0v) is 13.2. The van der Waals surface area contributed by atoms with E-state index in [1.165, 1.54) is 6.07 Å². The molecule has 0 aliphatic carbocycles. The lowest BCUT2D eigenvalue weighted by atomic mass is 10.1. The lowest BCUT2D eigenvalue weighted by molar-refractivity contribution is 0.475. The maximum atomic E-state index is 9.46. The van der Waals surface area contributed by atoms with Crippen molar-refractivity contribution < 1.29 is 5.11 Å². The first kappa shape index (κ1) is 14.7. The highest BCUT2D eigenvalue weighted by Gasteiger charge is 2.18. The molecule has 6 heteroatoms. The Morgan fingerprint density at radius 3 is 2.91 bits per heavy atom. The number of anilines is 3. The van der Waals surface area contributed by atoms with Gasteiger partial charge in [0.2, 0.25) is 5.95 Å². The SMILES string of the molecule is CC(C)N1CC=Cc2cnc(Nc3ccc(O)c(Cl)c3)nc21. The van der Waals surface area contributed by atoms with Crippen LogP contribution in [0.5, 0.6) is 5.75 Å². The van der Waals surface area contributed by atoms with Gasteiger partial charge < -0.3 is 15.3 Å². The van der Waals surface area contributed by atoms with E-state index < -0.39 is 0 Å². The summed E-state index contributed by atoms with van der Waals surface area (Å²) in [5.74, 6) is 1.47. The van der Waals surface area contributed by atoms with Crippen molar-refractivity contribution in [1.82, 2.24) is 9.97 Å². The molecule has 5 nitrogen and oxygen atoms in total. The maximum absolute atomic E-state index is 9.46. The topological polar surface area (TPSA) is 61.3 Å². The van der Waals surface area contributed by atoms with Crippen molar-refractivity contribution in [1.29, 1.82) is 0 Å². The Kier molecular flexibility index (Phi) is 3.90. The summed E-state index contributed by atoms with van der Waals surface area (Å²) in [5.41, 5.74) is 1.74. The summed E-state index contributed by atoms with van der Waals surface area (Å²) in [6.45, 7) is 5.11. The molecule has 2 aromatic rings. The minimum atomic E-state index is 0.0506. The van der Waals surface area contributed by atoms with Crippen LogP contribution in [0.15, 0.2) is 30.5 Å². The average Bonchev–Trinajstić information content (AvgIpc) is 2.50. The zero-order valence-electron chi connectivity index (χ0n) is 12.4. The third kappa shape index (κ3) is 2.85. The van der Waals surface area contributed by atoms with Crippen molar-refractivity contribution >= 4 is 35.1 Å². The Balaban J connectivity index is 1.91. The van der Waals surface area contributed by atoms with Gasteiger partial charge >= 0.3 is 0 Å². The number of halogens is 1. The summed E-state index contributed by atoms with van der Waals surface area (Å²) >= 11 is 5.91. The zero-order chi connectivity index (χ0) is 15.7. The van der Waals surface area contributed by atoms with Crippen molar-refractivity contribution in [3.63, 3.8) is 0 Å². The van der Waals surface area contributed by atoms with Gasteiger partial charge in [0, 0.05) is 30.0 Å². The first-order valence-corrected chi connectivity index (χ1v) is 7.48. The number of nitrogens with one attached hydrogen (secondary N) is 1. The van der Waals surface area contributed by atoms with E-state index in [9.17, 15) is 5.11 Å². The van der Waals surface area contributed by atoms with E-state index in [1.807, 2.05) is 6.08 Å². The summed E-state index contributed by atoms with van der Waals surface area (Å²) < 4.78 is 0. The van der Waals surface area contributed by atoms with Crippen molar-refractivity contribution in [2.45, 2.75) is 19.9 Å². The van der Waals surface area contributed by atoms with Crippen LogP contribution in [0.25, 0.3) is 6.08 Å². The quantitative estimate of drug-likeness (QED) is 0.843. The number of phenolic OH excluding ortho intramolecular Hbond substituents is 1. The van der Waals surface area contributed by atoms with Crippen LogP contribution in [0.2, 0.25) is 5.02 Å². The number of hydrogen-bond acceptors (Lipinski definition) is 5. The molecule has 0 amide bonds. The molecule has 22 heavy (non-hydrogen) atoms. The van der Waals surface area contributed by atoms with Crippen LogP contribution in [0.3, 0.4) is 0 Å². The van der Waals surface area contributed by atoms with Crippen molar-refractivity contribution in [3.05, 3.63) is 41.1 Å². The minimum Gasteiger partial charge on any atom is -0.506 e. The minimum absolute atomic E-state index is 0.0506. The molecule has 1 aliphatic heterocycles. The number of benzene rings is 1. The average molecular weight is 317 g/mol. The molecule has 0 saturated heterocycles. The van der Waals surface area contributed by atoms with Gasteiger partial charge in [-0.3, -0.25) is 0 Å². The van der Waals surface area contributed by atoms with Gasteiger partial charge in [-0.25, -0.2) is 4.98 Å². The normalized spacial score (nSPS) is 13.4. The molecule has 0 unspecified atom stereocenters. The highest BCUT2D eigenvalue weighted by molar-refractivity contribution is 6.32. The third-order valence-electron chi connectivity index (χ3n) is 3.49. The Bertz CT molecular complexity index is 730. The van der Waals surface area contributed by atoms with Gasteiger partial charge in [-0.2, -0.15) is 4.98 Å². The number of fused-ring (bicyclic) bond motifs is 1. The molecule has 0 saturated carbocycles. The van der Waals surface area contributed by atoms with Crippen LogP contribution in [-0.4, -0.2) is 27.7 Å². The van der Waals surface area contributed by atoms with Gasteiger partial charge in [-0.05, 0) is 32.0 Å². The van der Waals surface area contributed by atoms with Gasteiger partial charge in [0.25, 0.3) is 0 Å². The van der Waals surface area contributed by atoms with Crippen LogP contribution < -0.4 is 10.2 Å².